The van der Waals surface area contributed by atoms with Crippen LogP contribution in [0.4, 0.5) is 0 Å². The number of carbonyl (C=O) groups is 2. The van der Waals surface area contributed by atoms with Gasteiger partial charge in [-0.1, -0.05) is 83.5 Å². The van der Waals surface area contributed by atoms with E-state index in [4.69, 9.17) is 32.4 Å². The van der Waals surface area contributed by atoms with Crippen LogP contribution < -0.4 is 22.9 Å². The van der Waals surface area contributed by atoms with Crippen molar-refractivity contribution >= 4 is 11.9 Å². The Morgan fingerprint density at radius 2 is 0.703 bits per heavy atom. The lowest BCUT2D eigenvalue weighted by Gasteiger charge is -2.13. The Kier molecular flexibility index (Phi) is 26.9. The van der Waals surface area contributed by atoms with Crippen LogP contribution in [0.3, 0.4) is 0 Å². The molecule has 220 valence electrons. The van der Waals surface area contributed by atoms with Crippen LogP contribution in [0, 0.1) is 0 Å². The molecule has 0 aromatic heterocycles. The van der Waals surface area contributed by atoms with Crippen LogP contribution >= 0.6 is 0 Å². The molecule has 0 amide bonds. The molecule has 8 nitrogen and oxygen atoms in total. The van der Waals surface area contributed by atoms with Gasteiger partial charge in [0, 0.05) is 12.8 Å². The molecule has 0 aromatic carbocycles. The summed E-state index contributed by atoms with van der Waals surface area (Å²) in [5, 5.41) is 0. The van der Waals surface area contributed by atoms with Gasteiger partial charge in [-0.3, -0.25) is 21.1 Å². The van der Waals surface area contributed by atoms with E-state index in [0.717, 1.165) is 116 Å². The van der Waals surface area contributed by atoms with E-state index in [-0.39, 0.29) is 11.9 Å². The predicted octanol–water partition coefficient (Wildman–Crippen LogP) is 5.53. The van der Waals surface area contributed by atoms with E-state index in [2.05, 4.69) is 0 Å². The lowest BCUT2D eigenvalue weighted by molar-refractivity contribution is -0.150. The predicted molar refractivity (Wildman–Crippen MR) is 152 cm³/mol. The molecule has 0 heterocycles. The van der Waals surface area contributed by atoms with Gasteiger partial charge in [0.05, 0.1) is 0 Å². The Hall–Kier alpha value is -1.22. The number of ether oxygens (including phenoxy) is 2. The SMILES string of the molecule is NCCCCCCCC(N)OC(=O)CCCCCCCCCCCC(=O)OC(N)CCCCCCCN. The molecule has 0 rings (SSSR count). The van der Waals surface area contributed by atoms with Crippen molar-refractivity contribution in [2.24, 2.45) is 22.9 Å². The molecule has 2 unspecified atom stereocenters. The maximum absolute atomic E-state index is 11.9. The Morgan fingerprint density at radius 1 is 0.432 bits per heavy atom. The van der Waals surface area contributed by atoms with Gasteiger partial charge in [-0.25, -0.2) is 0 Å². The third kappa shape index (κ3) is 27.6. The van der Waals surface area contributed by atoms with Crippen LogP contribution in [0.1, 0.15) is 148 Å². The van der Waals surface area contributed by atoms with Crippen molar-refractivity contribution in [1.82, 2.24) is 0 Å². The van der Waals surface area contributed by atoms with Gasteiger partial charge in [0.1, 0.15) is 0 Å². The first-order valence-electron chi connectivity index (χ1n) is 15.3. The highest BCUT2D eigenvalue weighted by molar-refractivity contribution is 5.69. The third-order valence-corrected chi connectivity index (χ3v) is 6.71. The Balaban J connectivity index is 3.41. The molecule has 0 aliphatic heterocycles. The highest BCUT2D eigenvalue weighted by Gasteiger charge is 2.10. The molecule has 0 saturated carbocycles. The van der Waals surface area contributed by atoms with E-state index in [1.54, 1.807) is 0 Å². The molecule has 0 radical (unpaired) electrons. The summed E-state index contributed by atoms with van der Waals surface area (Å²) in [5.41, 5.74) is 22.8. The van der Waals surface area contributed by atoms with Gasteiger partial charge in [-0.15, -0.1) is 0 Å². The van der Waals surface area contributed by atoms with E-state index < -0.39 is 12.5 Å². The Labute approximate surface area is 227 Å². The number of nitrogens with two attached hydrogens (primary N) is 4. The summed E-state index contributed by atoms with van der Waals surface area (Å²) < 4.78 is 10.6. The normalized spacial score (nSPS) is 12.9. The second-order valence-electron chi connectivity index (χ2n) is 10.4. The zero-order valence-corrected chi connectivity index (χ0v) is 23.8. The zero-order valence-electron chi connectivity index (χ0n) is 23.8. The van der Waals surface area contributed by atoms with Crippen molar-refractivity contribution in [2.75, 3.05) is 13.1 Å². The fourth-order valence-electron chi connectivity index (χ4n) is 4.39. The fourth-order valence-corrected chi connectivity index (χ4v) is 4.39. The number of hydrogen-bond acceptors (Lipinski definition) is 8. The van der Waals surface area contributed by atoms with Crippen LogP contribution in [-0.4, -0.2) is 37.5 Å². The summed E-state index contributed by atoms with van der Waals surface area (Å²) in [6.45, 7) is 1.51. The molecule has 8 heteroatoms. The summed E-state index contributed by atoms with van der Waals surface area (Å²) in [7, 11) is 0. The van der Waals surface area contributed by atoms with Gasteiger partial charge in [-0.2, -0.15) is 0 Å². The van der Waals surface area contributed by atoms with Gasteiger partial charge in [0.15, 0.2) is 12.5 Å². The van der Waals surface area contributed by atoms with Crippen molar-refractivity contribution in [1.29, 1.82) is 0 Å². The molecule has 0 aliphatic rings. The van der Waals surface area contributed by atoms with E-state index in [9.17, 15) is 9.59 Å². The molecule has 0 aromatic rings. The number of esters is 2. The molecule has 37 heavy (non-hydrogen) atoms. The highest BCUT2D eigenvalue weighted by Crippen LogP contribution is 2.13. The second kappa shape index (κ2) is 27.8. The molecule has 8 N–H and O–H groups in total. The standard InChI is InChI=1S/C29H60N4O4/c30-24-18-12-6-8-14-20-26(32)36-28(34)22-16-10-4-2-1-3-5-11-17-23-29(35)37-27(33)21-15-9-7-13-19-25-31/h26-27H,1-25,30-33H2. The first kappa shape index (κ1) is 35.8. The number of unbranched alkanes of at least 4 members (excludes halogenated alkanes) is 16. The quantitative estimate of drug-likeness (QED) is 0.0586. The van der Waals surface area contributed by atoms with Crippen molar-refractivity contribution in [2.45, 2.75) is 160 Å². The maximum atomic E-state index is 11.9. The molecule has 0 fully saturated rings. The minimum Gasteiger partial charge on any atom is -0.447 e. The Morgan fingerprint density at radius 3 is 1.03 bits per heavy atom. The van der Waals surface area contributed by atoms with Crippen molar-refractivity contribution in [3.05, 3.63) is 0 Å². The third-order valence-electron chi connectivity index (χ3n) is 6.71. The van der Waals surface area contributed by atoms with E-state index in [0.29, 0.717) is 12.8 Å². The van der Waals surface area contributed by atoms with Gasteiger partial charge >= 0.3 is 11.9 Å². The summed E-state index contributed by atoms with van der Waals surface area (Å²) >= 11 is 0. The lowest BCUT2D eigenvalue weighted by atomic mass is 10.1. The zero-order chi connectivity index (χ0) is 27.4. The summed E-state index contributed by atoms with van der Waals surface area (Å²) in [5.74, 6) is -0.345. The van der Waals surface area contributed by atoms with E-state index in [1.165, 1.54) is 32.1 Å². The number of carbonyl (C=O) groups excluding carboxylic acids is 2. The van der Waals surface area contributed by atoms with Crippen LogP contribution in [0.2, 0.25) is 0 Å². The first-order valence-corrected chi connectivity index (χ1v) is 15.3. The molecule has 0 spiro atoms. The van der Waals surface area contributed by atoms with Crippen molar-refractivity contribution in [3.63, 3.8) is 0 Å². The van der Waals surface area contributed by atoms with Crippen LogP contribution in [-0.2, 0) is 19.1 Å². The van der Waals surface area contributed by atoms with Crippen molar-refractivity contribution in [3.8, 4) is 0 Å². The van der Waals surface area contributed by atoms with Crippen LogP contribution in [0.15, 0.2) is 0 Å². The number of hydrogen-bond donors (Lipinski definition) is 4. The fraction of sp³-hybridized carbons (Fsp3) is 0.931. The molecule has 0 bridgehead atoms. The monoisotopic (exact) mass is 528 g/mol. The average Bonchev–Trinajstić information content (AvgIpc) is 2.86. The van der Waals surface area contributed by atoms with Gasteiger partial charge in [0.2, 0.25) is 0 Å². The molecule has 2 atom stereocenters. The van der Waals surface area contributed by atoms with E-state index in [1.807, 2.05) is 0 Å². The van der Waals surface area contributed by atoms with Crippen molar-refractivity contribution < 1.29 is 19.1 Å². The summed E-state index contributed by atoms with van der Waals surface area (Å²) in [4.78, 5) is 23.8. The average molecular weight is 529 g/mol. The highest BCUT2D eigenvalue weighted by atomic mass is 16.6. The molecular formula is C29H60N4O4. The van der Waals surface area contributed by atoms with Gasteiger partial charge < -0.3 is 20.9 Å². The largest absolute Gasteiger partial charge is 0.447 e. The first-order chi connectivity index (χ1) is 18.0. The smallest absolute Gasteiger partial charge is 0.307 e. The summed E-state index contributed by atoms with van der Waals surface area (Å²) in [6, 6.07) is 0. The van der Waals surface area contributed by atoms with Crippen LogP contribution in [0.25, 0.3) is 0 Å². The molecule has 0 aliphatic carbocycles. The van der Waals surface area contributed by atoms with Gasteiger partial charge in [0.25, 0.3) is 0 Å². The maximum Gasteiger partial charge on any atom is 0.307 e. The minimum atomic E-state index is -0.470. The van der Waals surface area contributed by atoms with Gasteiger partial charge in [-0.05, 0) is 64.5 Å². The Bertz CT molecular complexity index is 478. The summed E-state index contributed by atoms with van der Waals surface area (Å²) in [6.07, 6.45) is 22.1. The van der Waals surface area contributed by atoms with E-state index >= 15 is 0 Å². The molecular weight excluding hydrogens is 468 g/mol. The topological polar surface area (TPSA) is 157 Å². The number of rotatable bonds is 28. The lowest BCUT2D eigenvalue weighted by Crippen LogP contribution is -2.26. The molecule has 0 saturated heterocycles. The second-order valence-corrected chi connectivity index (χ2v) is 10.4. The van der Waals surface area contributed by atoms with Crippen LogP contribution in [0.5, 0.6) is 0 Å². The minimum absolute atomic E-state index is 0.173.